The Morgan fingerprint density at radius 1 is 1.41 bits per heavy atom. The molecule has 0 radical (unpaired) electrons. The van der Waals surface area contributed by atoms with Crippen LogP contribution in [0.3, 0.4) is 0 Å². The summed E-state index contributed by atoms with van der Waals surface area (Å²) in [6, 6.07) is 8.10. The summed E-state index contributed by atoms with van der Waals surface area (Å²) in [6.07, 6.45) is 0. The van der Waals surface area contributed by atoms with Crippen LogP contribution < -0.4 is 5.32 Å². The van der Waals surface area contributed by atoms with Crippen molar-refractivity contribution in [3.8, 4) is 0 Å². The van der Waals surface area contributed by atoms with E-state index in [9.17, 15) is 9.18 Å². The topological polar surface area (TPSA) is 29.1 Å². The van der Waals surface area contributed by atoms with Crippen LogP contribution in [0.5, 0.6) is 0 Å². The van der Waals surface area contributed by atoms with Crippen LogP contribution in [0.4, 0.5) is 4.39 Å². The summed E-state index contributed by atoms with van der Waals surface area (Å²) in [5, 5.41) is 4.73. The zero-order chi connectivity index (χ0) is 12.3. The highest BCUT2D eigenvalue weighted by Gasteiger charge is 2.09. The van der Waals surface area contributed by atoms with Crippen molar-refractivity contribution in [2.45, 2.75) is 13.5 Å². The molecule has 0 atom stereocenters. The van der Waals surface area contributed by atoms with Gasteiger partial charge in [0.15, 0.2) is 0 Å². The lowest BCUT2D eigenvalue weighted by Crippen LogP contribution is -2.23. The molecular weight excluding hydrogens is 237 g/mol. The lowest BCUT2D eigenvalue weighted by molar-refractivity contribution is 0.0950. The van der Waals surface area contributed by atoms with E-state index < -0.39 is 5.82 Å². The maximum atomic E-state index is 13.0. The van der Waals surface area contributed by atoms with Gasteiger partial charge in [0.25, 0.3) is 5.91 Å². The van der Waals surface area contributed by atoms with Gasteiger partial charge in [-0.1, -0.05) is 12.1 Å². The number of carbonyl (C=O) groups excluding carboxylic acids is 1. The number of hydrogen-bond donors (Lipinski definition) is 1. The molecule has 0 aliphatic heterocycles. The fourth-order valence-corrected chi connectivity index (χ4v) is 2.16. The molecule has 1 N–H and O–H groups in total. The van der Waals surface area contributed by atoms with Crippen molar-refractivity contribution in [3.05, 3.63) is 57.5 Å². The average molecular weight is 249 g/mol. The van der Waals surface area contributed by atoms with E-state index in [0.717, 1.165) is 10.4 Å². The van der Waals surface area contributed by atoms with E-state index >= 15 is 0 Å². The zero-order valence-corrected chi connectivity index (χ0v) is 10.2. The molecule has 2 rings (SSSR count). The molecular formula is C13H12FNOS. The van der Waals surface area contributed by atoms with Gasteiger partial charge in [-0.15, -0.1) is 11.3 Å². The third kappa shape index (κ3) is 2.91. The normalized spacial score (nSPS) is 10.2. The predicted molar refractivity (Wildman–Crippen MR) is 66.6 cm³/mol. The van der Waals surface area contributed by atoms with E-state index in [0.29, 0.717) is 12.1 Å². The maximum Gasteiger partial charge on any atom is 0.251 e. The Kier molecular flexibility index (Phi) is 3.54. The first-order chi connectivity index (χ1) is 8.16. The molecule has 88 valence electrons. The van der Waals surface area contributed by atoms with Gasteiger partial charge in [-0.3, -0.25) is 4.79 Å². The van der Waals surface area contributed by atoms with E-state index in [-0.39, 0.29) is 5.91 Å². The standard InChI is InChI=1S/C13H12FNOS/c1-9-4-5-10(14)7-12(9)13(16)15-8-11-3-2-6-17-11/h2-7H,8H2,1H3,(H,15,16). The first-order valence-corrected chi connectivity index (χ1v) is 6.11. The van der Waals surface area contributed by atoms with E-state index in [1.807, 2.05) is 17.5 Å². The number of amides is 1. The van der Waals surface area contributed by atoms with E-state index in [1.54, 1.807) is 24.3 Å². The van der Waals surface area contributed by atoms with Crippen LogP contribution in [0, 0.1) is 12.7 Å². The van der Waals surface area contributed by atoms with Crippen LogP contribution in [-0.2, 0) is 6.54 Å². The second kappa shape index (κ2) is 5.10. The molecule has 2 nitrogen and oxygen atoms in total. The van der Waals surface area contributed by atoms with Gasteiger partial charge in [0.2, 0.25) is 0 Å². The van der Waals surface area contributed by atoms with Gasteiger partial charge in [-0.2, -0.15) is 0 Å². The molecule has 0 saturated carbocycles. The third-order valence-corrected chi connectivity index (χ3v) is 3.32. The van der Waals surface area contributed by atoms with Crippen LogP contribution >= 0.6 is 11.3 Å². The second-order valence-corrected chi connectivity index (χ2v) is 4.75. The average Bonchev–Trinajstić information content (AvgIpc) is 2.82. The third-order valence-electron chi connectivity index (χ3n) is 2.45. The van der Waals surface area contributed by atoms with E-state index in [2.05, 4.69) is 5.32 Å². The van der Waals surface area contributed by atoms with Crippen molar-refractivity contribution >= 4 is 17.2 Å². The summed E-state index contributed by atoms with van der Waals surface area (Å²) in [5.74, 6) is -0.632. The number of carbonyl (C=O) groups is 1. The minimum atomic E-state index is -0.392. The summed E-state index contributed by atoms with van der Waals surface area (Å²) in [4.78, 5) is 12.9. The van der Waals surface area contributed by atoms with Gasteiger partial charge in [0.1, 0.15) is 5.82 Å². The Morgan fingerprint density at radius 2 is 2.24 bits per heavy atom. The highest BCUT2D eigenvalue weighted by atomic mass is 32.1. The van der Waals surface area contributed by atoms with Crippen molar-refractivity contribution in [1.82, 2.24) is 5.32 Å². The molecule has 1 aromatic carbocycles. The fraction of sp³-hybridized carbons (Fsp3) is 0.154. The number of aryl methyl sites for hydroxylation is 1. The van der Waals surface area contributed by atoms with Gasteiger partial charge >= 0.3 is 0 Å². The molecule has 0 fully saturated rings. The molecule has 1 aromatic heterocycles. The number of nitrogens with one attached hydrogen (secondary N) is 1. The SMILES string of the molecule is Cc1ccc(F)cc1C(=O)NCc1cccs1. The van der Waals surface area contributed by atoms with Gasteiger partial charge in [-0.05, 0) is 36.1 Å². The number of benzene rings is 1. The quantitative estimate of drug-likeness (QED) is 0.889. The van der Waals surface area contributed by atoms with Gasteiger partial charge < -0.3 is 5.32 Å². The van der Waals surface area contributed by atoms with Crippen molar-refractivity contribution in [1.29, 1.82) is 0 Å². The van der Waals surface area contributed by atoms with Gasteiger partial charge in [0, 0.05) is 10.4 Å². The first kappa shape index (κ1) is 11.8. The smallest absolute Gasteiger partial charge is 0.251 e. The lowest BCUT2D eigenvalue weighted by Gasteiger charge is -2.06. The Balaban J connectivity index is 2.07. The monoisotopic (exact) mass is 249 g/mol. The maximum absolute atomic E-state index is 13.0. The number of hydrogen-bond acceptors (Lipinski definition) is 2. The molecule has 1 amide bonds. The van der Waals surface area contributed by atoms with Crippen molar-refractivity contribution < 1.29 is 9.18 Å². The molecule has 1 heterocycles. The molecule has 0 unspecified atom stereocenters. The minimum Gasteiger partial charge on any atom is -0.347 e. The summed E-state index contributed by atoms with van der Waals surface area (Å²) < 4.78 is 13.0. The van der Waals surface area contributed by atoms with Gasteiger partial charge in [-0.25, -0.2) is 4.39 Å². The predicted octanol–water partition coefficient (Wildman–Crippen LogP) is 3.13. The van der Waals surface area contributed by atoms with Crippen molar-refractivity contribution in [2.24, 2.45) is 0 Å². The molecule has 2 aromatic rings. The van der Waals surface area contributed by atoms with Gasteiger partial charge in [0.05, 0.1) is 6.54 Å². The van der Waals surface area contributed by atoms with E-state index in [4.69, 9.17) is 0 Å². The fourth-order valence-electron chi connectivity index (χ4n) is 1.51. The van der Waals surface area contributed by atoms with Crippen LogP contribution in [0.15, 0.2) is 35.7 Å². The molecule has 17 heavy (non-hydrogen) atoms. The largest absolute Gasteiger partial charge is 0.347 e. The molecule has 0 aliphatic carbocycles. The van der Waals surface area contributed by atoms with Crippen molar-refractivity contribution in [3.63, 3.8) is 0 Å². The number of halogens is 1. The molecule has 0 spiro atoms. The van der Waals surface area contributed by atoms with Crippen LogP contribution in [0.1, 0.15) is 20.8 Å². The van der Waals surface area contributed by atoms with Crippen LogP contribution in [-0.4, -0.2) is 5.91 Å². The highest BCUT2D eigenvalue weighted by molar-refractivity contribution is 7.09. The molecule has 0 bridgehead atoms. The van der Waals surface area contributed by atoms with Crippen molar-refractivity contribution in [2.75, 3.05) is 0 Å². The number of thiophene rings is 1. The Morgan fingerprint density at radius 3 is 2.94 bits per heavy atom. The summed E-state index contributed by atoms with van der Waals surface area (Å²) in [7, 11) is 0. The molecule has 0 saturated heterocycles. The Labute approximate surface area is 103 Å². The summed E-state index contributed by atoms with van der Waals surface area (Å²) in [6.45, 7) is 2.27. The minimum absolute atomic E-state index is 0.240. The highest BCUT2D eigenvalue weighted by Crippen LogP contribution is 2.11. The van der Waals surface area contributed by atoms with Crippen LogP contribution in [0.25, 0.3) is 0 Å². The summed E-state index contributed by atoms with van der Waals surface area (Å²) >= 11 is 1.58. The first-order valence-electron chi connectivity index (χ1n) is 5.23. The Bertz CT molecular complexity index is 522. The molecule has 0 aliphatic rings. The van der Waals surface area contributed by atoms with E-state index in [1.165, 1.54) is 12.1 Å². The second-order valence-electron chi connectivity index (χ2n) is 3.72. The molecule has 4 heteroatoms. The Hall–Kier alpha value is -1.68. The number of rotatable bonds is 3. The summed E-state index contributed by atoms with van der Waals surface area (Å²) in [5.41, 5.74) is 1.16. The lowest BCUT2D eigenvalue weighted by atomic mass is 10.1. The van der Waals surface area contributed by atoms with Crippen LogP contribution in [0.2, 0.25) is 0 Å². The zero-order valence-electron chi connectivity index (χ0n) is 9.37.